The number of hydrogen-bond acceptors (Lipinski definition) is 7. The van der Waals surface area contributed by atoms with Crippen molar-refractivity contribution >= 4 is 5.91 Å². The summed E-state index contributed by atoms with van der Waals surface area (Å²) in [6, 6.07) is 0. The van der Waals surface area contributed by atoms with Crippen molar-refractivity contribution in [3.8, 4) is 11.8 Å². The first kappa shape index (κ1) is 17.4. The molecule has 23 heavy (non-hydrogen) atoms. The van der Waals surface area contributed by atoms with Crippen LogP contribution in [0.1, 0.15) is 35.8 Å². The first-order valence-electron chi connectivity index (χ1n) is 7.02. The van der Waals surface area contributed by atoms with Crippen LogP contribution in [-0.2, 0) is 4.74 Å². The fourth-order valence-electron chi connectivity index (χ4n) is 2.25. The quantitative estimate of drug-likeness (QED) is 0.391. The standard InChI is InChI=1S/C14H19N3O6/c1-7(19)3-2-4-8-10(13(15)22)16-6-17(8)14-12(21)11(20)9(5-18)23-14/h6-7,9,11-12,14,18-21H,3,5H2,1H3,(H2,15,22)/t7?,9-,11-,12-,14-/m1/s1. The van der Waals surface area contributed by atoms with Crippen LogP contribution in [0.3, 0.4) is 0 Å². The lowest BCUT2D eigenvalue weighted by molar-refractivity contribution is -0.0531. The number of aliphatic hydroxyl groups is 4. The first-order chi connectivity index (χ1) is 10.9. The molecule has 0 aromatic carbocycles. The third kappa shape index (κ3) is 3.52. The molecule has 0 bridgehead atoms. The molecule has 9 heteroatoms. The zero-order chi connectivity index (χ0) is 17.1. The monoisotopic (exact) mass is 325 g/mol. The number of amides is 1. The van der Waals surface area contributed by atoms with E-state index < -0.39 is 43.2 Å². The van der Waals surface area contributed by atoms with E-state index in [2.05, 4.69) is 16.8 Å². The van der Waals surface area contributed by atoms with E-state index in [0.29, 0.717) is 0 Å². The Kier molecular flexibility index (Phi) is 5.35. The van der Waals surface area contributed by atoms with Crippen LogP contribution in [0.5, 0.6) is 0 Å². The molecule has 9 nitrogen and oxygen atoms in total. The summed E-state index contributed by atoms with van der Waals surface area (Å²) in [5.74, 6) is 4.55. The van der Waals surface area contributed by atoms with Gasteiger partial charge in [0.1, 0.15) is 24.0 Å². The van der Waals surface area contributed by atoms with E-state index in [4.69, 9.17) is 15.6 Å². The molecule has 1 aliphatic heterocycles. The highest BCUT2D eigenvalue weighted by Crippen LogP contribution is 2.30. The summed E-state index contributed by atoms with van der Waals surface area (Å²) in [6.45, 7) is 1.09. The molecule has 1 saturated heterocycles. The number of aromatic nitrogens is 2. The van der Waals surface area contributed by atoms with Crippen LogP contribution in [0.4, 0.5) is 0 Å². The Bertz CT molecular complexity index is 632. The molecule has 126 valence electrons. The first-order valence-corrected chi connectivity index (χ1v) is 7.02. The van der Waals surface area contributed by atoms with E-state index in [0.717, 1.165) is 0 Å². The second-order valence-corrected chi connectivity index (χ2v) is 5.30. The minimum atomic E-state index is -1.33. The Morgan fingerprint density at radius 1 is 1.52 bits per heavy atom. The van der Waals surface area contributed by atoms with Crippen LogP contribution < -0.4 is 5.73 Å². The molecular formula is C14H19N3O6. The van der Waals surface area contributed by atoms with E-state index in [9.17, 15) is 20.1 Å². The predicted octanol–water partition coefficient (Wildman–Crippen LogP) is -2.28. The van der Waals surface area contributed by atoms with Crippen molar-refractivity contribution in [2.24, 2.45) is 5.73 Å². The average Bonchev–Trinajstić information content (AvgIpc) is 3.02. The maximum atomic E-state index is 11.4. The summed E-state index contributed by atoms with van der Waals surface area (Å²) in [4.78, 5) is 15.3. The van der Waals surface area contributed by atoms with Gasteiger partial charge in [0.2, 0.25) is 0 Å². The summed E-state index contributed by atoms with van der Waals surface area (Å²) in [5.41, 5.74) is 5.24. The van der Waals surface area contributed by atoms with E-state index >= 15 is 0 Å². The summed E-state index contributed by atoms with van der Waals surface area (Å²) in [5, 5.41) is 38.2. The van der Waals surface area contributed by atoms with Crippen LogP contribution in [0.15, 0.2) is 6.33 Å². The molecule has 1 aromatic rings. The lowest BCUT2D eigenvalue weighted by atomic mass is 10.1. The molecule has 2 rings (SSSR count). The molecule has 0 aliphatic carbocycles. The Morgan fingerprint density at radius 3 is 2.74 bits per heavy atom. The summed E-state index contributed by atoms with van der Waals surface area (Å²) in [7, 11) is 0. The molecule has 1 aromatic heterocycles. The van der Waals surface area contributed by atoms with E-state index in [1.807, 2.05) is 0 Å². The van der Waals surface area contributed by atoms with Crippen LogP contribution >= 0.6 is 0 Å². The number of nitrogens with two attached hydrogens (primary N) is 1. The number of carbonyl (C=O) groups is 1. The zero-order valence-corrected chi connectivity index (χ0v) is 12.5. The number of hydrogen-bond donors (Lipinski definition) is 5. The largest absolute Gasteiger partial charge is 0.394 e. The lowest BCUT2D eigenvalue weighted by Crippen LogP contribution is -2.33. The van der Waals surface area contributed by atoms with Crippen molar-refractivity contribution in [1.29, 1.82) is 0 Å². The topological polar surface area (TPSA) is 151 Å². The van der Waals surface area contributed by atoms with Crippen molar-refractivity contribution in [1.82, 2.24) is 9.55 Å². The summed E-state index contributed by atoms with van der Waals surface area (Å²) >= 11 is 0. The fourth-order valence-corrected chi connectivity index (χ4v) is 2.25. The van der Waals surface area contributed by atoms with Gasteiger partial charge in [-0.3, -0.25) is 9.36 Å². The van der Waals surface area contributed by atoms with Gasteiger partial charge in [0.15, 0.2) is 11.9 Å². The van der Waals surface area contributed by atoms with Gasteiger partial charge in [-0.05, 0) is 12.8 Å². The number of imidazole rings is 1. The number of ether oxygens (including phenoxy) is 1. The number of primary amides is 1. The molecule has 1 aliphatic rings. The van der Waals surface area contributed by atoms with Crippen molar-refractivity contribution in [3.05, 3.63) is 17.7 Å². The van der Waals surface area contributed by atoms with Crippen LogP contribution in [0.25, 0.3) is 0 Å². The van der Waals surface area contributed by atoms with Gasteiger partial charge in [0.05, 0.1) is 19.0 Å². The van der Waals surface area contributed by atoms with Crippen molar-refractivity contribution in [2.45, 2.75) is 44.0 Å². The van der Waals surface area contributed by atoms with Gasteiger partial charge in [0, 0.05) is 6.42 Å². The molecular weight excluding hydrogens is 306 g/mol. The molecule has 1 amide bonds. The SMILES string of the molecule is CC(O)CC#Cc1c(C(N)=O)ncn1[C@@H]1O[C@H](CO)[C@@H](O)[C@H]1O. The Labute approximate surface area is 132 Å². The minimum Gasteiger partial charge on any atom is -0.394 e. The van der Waals surface area contributed by atoms with Gasteiger partial charge < -0.3 is 30.9 Å². The molecule has 2 heterocycles. The second-order valence-electron chi connectivity index (χ2n) is 5.30. The Balaban J connectivity index is 2.38. The zero-order valence-electron chi connectivity index (χ0n) is 12.5. The molecule has 0 saturated carbocycles. The summed E-state index contributed by atoms with van der Waals surface area (Å²) in [6.07, 6.45) is -3.93. The van der Waals surface area contributed by atoms with Crippen molar-refractivity contribution in [2.75, 3.05) is 6.61 Å². The van der Waals surface area contributed by atoms with Crippen molar-refractivity contribution < 1.29 is 30.0 Å². The summed E-state index contributed by atoms with van der Waals surface area (Å²) < 4.78 is 6.66. The number of nitrogens with zero attached hydrogens (tertiary/aromatic N) is 2. The third-order valence-corrected chi connectivity index (χ3v) is 3.42. The van der Waals surface area contributed by atoms with Gasteiger partial charge >= 0.3 is 0 Å². The van der Waals surface area contributed by atoms with Gasteiger partial charge in [0.25, 0.3) is 5.91 Å². The predicted molar refractivity (Wildman–Crippen MR) is 76.9 cm³/mol. The smallest absolute Gasteiger partial charge is 0.270 e. The van der Waals surface area contributed by atoms with Gasteiger partial charge in [-0.1, -0.05) is 5.92 Å². The maximum absolute atomic E-state index is 11.4. The van der Waals surface area contributed by atoms with E-state index in [-0.39, 0.29) is 17.8 Å². The minimum absolute atomic E-state index is 0.105. The maximum Gasteiger partial charge on any atom is 0.270 e. The number of carbonyl (C=O) groups excluding carboxylic acids is 1. The highest BCUT2D eigenvalue weighted by molar-refractivity contribution is 5.93. The lowest BCUT2D eigenvalue weighted by Gasteiger charge is -2.17. The van der Waals surface area contributed by atoms with Crippen LogP contribution in [0.2, 0.25) is 0 Å². The van der Waals surface area contributed by atoms with Gasteiger partial charge in [-0.15, -0.1) is 0 Å². The van der Waals surface area contributed by atoms with Crippen molar-refractivity contribution in [3.63, 3.8) is 0 Å². The Morgan fingerprint density at radius 2 is 2.22 bits per heavy atom. The second kappa shape index (κ2) is 7.08. The molecule has 6 N–H and O–H groups in total. The van der Waals surface area contributed by atoms with Crippen LogP contribution in [-0.4, -0.2) is 66.9 Å². The molecule has 5 atom stereocenters. The fraction of sp³-hybridized carbons (Fsp3) is 0.571. The van der Waals surface area contributed by atoms with Gasteiger partial charge in [-0.2, -0.15) is 0 Å². The molecule has 1 fully saturated rings. The van der Waals surface area contributed by atoms with Gasteiger partial charge in [-0.25, -0.2) is 4.98 Å². The average molecular weight is 325 g/mol. The number of rotatable bonds is 4. The highest BCUT2D eigenvalue weighted by Gasteiger charge is 2.44. The van der Waals surface area contributed by atoms with Crippen LogP contribution in [0, 0.1) is 11.8 Å². The Hall–Kier alpha value is -1.96. The number of aliphatic hydroxyl groups excluding tert-OH is 4. The van der Waals surface area contributed by atoms with E-state index in [1.54, 1.807) is 6.92 Å². The third-order valence-electron chi connectivity index (χ3n) is 3.42. The molecule has 1 unspecified atom stereocenters. The molecule has 0 spiro atoms. The van der Waals surface area contributed by atoms with E-state index in [1.165, 1.54) is 10.9 Å². The normalized spacial score (nSPS) is 28.2. The molecule has 0 radical (unpaired) electrons. The highest BCUT2D eigenvalue weighted by atomic mass is 16.6.